The number of ether oxygens (including phenoxy) is 1. The molecule has 2 rings (SSSR count). The molecule has 6 nitrogen and oxygen atoms in total. The lowest BCUT2D eigenvalue weighted by Crippen LogP contribution is -2.12. The van der Waals surface area contributed by atoms with E-state index in [0.717, 1.165) is 4.47 Å². The van der Waals surface area contributed by atoms with Gasteiger partial charge in [-0.3, -0.25) is 0 Å². The fourth-order valence-electron chi connectivity index (χ4n) is 1.41. The highest BCUT2D eigenvalue weighted by Crippen LogP contribution is 2.28. The van der Waals surface area contributed by atoms with E-state index in [0.29, 0.717) is 24.1 Å². The fraction of sp³-hybridized carbons (Fsp3) is 0.417. The van der Waals surface area contributed by atoms with Crippen LogP contribution in [0.5, 0.6) is 6.01 Å². The standard InChI is InChI=1S/C12H15BrN4O2/c1-4-14-11-15-10(9-8(13)5-6-18-9)16-12(17-11)19-7(2)3/h5-7H,4H2,1-3H3,(H,14,15,16,17). The molecule has 0 radical (unpaired) electrons. The van der Waals surface area contributed by atoms with E-state index in [1.54, 1.807) is 12.3 Å². The summed E-state index contributed by atoms with van der Waals surface area (Å²) in [5.41, 5.74) is 0. The number of rotatable bonds is 5. The second-order valence-electron chi connectivity index (χ2n) is 4.06. The van der Waals surface area contributed by atoms with Gasteiger partial charge in [0.2, 0.25) is 11.8 Å². The second kappa shape index (κ2) is 6.01. The van der Waals surface area contributed by atoms with Crippen LogP contribution >= 0.6 is 15.9 Å². The Morgan fingerprint density at radius 1 is 1.37 bits per heavy atom. The van der Waals surface area contributed by atoms with Gasteiger partial charge in [-0.25, -0.2) is 0 Å². The highest BCUT2D eigenvalue weighted by molar-refractivity contribution is 9.10. The molecule has 102 valence electrons. The van der Waals surface area contributed by atoms with E-state index >= 15 is 0 Å². The van der Waals surface area contributed by atoms with Gasteiger partial charge in [0, 0.05) is 6.54 Å². The van der Waals surface area contributed by atoms with Crippen LogP contribution in [0.15, 0.2) is 21.2 Å². The van der Waals surface area contributed by atoms with E-state index in [4.69, 9.17) is 9.15 Å². The van der Waals surface area contributed by atoms with Gasteiger partial charge in [0.05, 0.1) is 16.8 Å². The van der Waals surface area contributed by atoms with Gasteiger partial charge in [0.1, 0.15) is 0 Å². The summed E-state index contributed by atoms with van der Waals surface area (Å²) < 4.78 is 11.7. The maximum absolute atomic E-state index is 5.52. The van der Waals surface area contributed by atoms with Crippen LogP contribution in [0.1, 0.15) is 20.8 Å². The summed E-state index contributed by atoms with van der Waals surface area (Å²) in [6, 6.07) is 2.06. The van der Waals surface area contributed by atoms with Crippen LogP contribution in [0, 0.1) is 0 Å². The Morgan fingerprint density at radius 2 is 2.16 bits per heavy atom. The maximum Gasteiger partial charge on any atom is 0.322 e. The van der Waals surface area contributed by atoms with Crippen LogP contribution in [0.4, 0.5) is 5.95 Å². The third-order valence-corrected chi connectivity index (χ3v) is 2.74. The molecule has 0 atom stereocenters. The molecule has 2 heterocycles. The highest BCUT2D eigenvalue weighted by Gasteiger charge is 2.15. The first-order valence-electron chi connectivity index (χ1n) is 6.00. The Balaban J connectivity index is 2.42. The molecule has 0 aliphatic rings. The first-order chi connectivity index (χ1) is 9.10. The molecule has 1 N–H and O–H groups in total. The zero-order chi connectivity index (χ0) is 13.8. The first kappa shape index (κ1) is 13.8. The topological polar surface area (TPSA) is 73.1 Å². The first-order valence-corrected chi connectivity index (χ1v) is 6.79. The van der Waals surface area contributed by atoms with Crippen molar-refractivity contribution in [1.29, 1.82) is 0 Å². The molecular formula is C12H15BrN4O2. The molecule has 0 amide bonds. The molecule has 0 unspecified atom stereocenters. The molecule has 19 heavy (non-hydrogen) atoms. The average molecular weight is 327 g/mol. The number of anilines is 1. The third-order valence-electron chi connectivity index (χ3n) is 2.11. The Bertz CT molecular complexity index is 556. The highest BCUT2D eigenvalue weighted by atomic mass is 79.9. The Hall–Kier alpha value is -1.63. The molecule has 0 aliphatic carbocycles. The molecule has 0 spiro atoms. The smallest absolute Gasteiger partial charge is 0.322 e. The molecule has 2 aromatic rings. The average Bonchev–Trinajstić information content (AvgIpc) is 2.74. The molecule has 0 aliphatic heterocycles. The van der Waals surface area contributed by atoms with Gasteiger partial charge in [0.25, 0.3) is 0 Å². The van der Waals surface area contributed by atoms with Gasteiger partial charge in [-0.05, 0) is 42.8 Å². The molecule has 0 fully saturated rings. The fourth-order valence-corrected chi connectivity index (χ4v) is 1.79. The van der Waals surface area contributed by atoms with Crippen LogP contribution in [-0.4, -0.2) is 27.6 Å². The Kier molecular flexibility index (Phi) is 4.36. The molecule has 0 saturated carbocycles. The summed E-state index contributed by atoms with van der Waals surface area (Å²) in [7, 11) is 0. The number of halogens is 1. The molecule has 0 bridgehead atoms. The quantitative estimate of drug-likeness (QED) is 0.910. The van der Waals surface area contributed by atoms with Crippen molar-refractivity contribution in [3.05, 3.63) is 16.8 Å². The molecular weight excluding hydrogens is 312 g/mol. The van der Waals surface area contributed by atoms with Crippen LogP contribution in [0.2, 0.25) is 0 Å². The number of aromatic nitrogens is 3. The summed E-state index contributed by atoms with van der Waals surface area (Å²) in [6.07, 6.45) is 1.56. The zero-order valence-electron chi connectivity index (χ0n) is 11.0. The van der Waals surface area contributed by atoms with Gasteiger partial charge in [-0.2, -0.15) is 15.0 Å². The van der Waals surface area contributed by atoms with E-state index in [2.05, 4.69) is 36.2 Å². The van der Waals surface area contributed by atoms with Crippen molar-refractivity contribution in [1.82, 2.24) is 15.0 Å². The van der Waals surface area contributed by atoms with E-state index in [1.807, 2.05) is 20.8 Å². The number of nitrogens with one attached hydrogen (secondary N) is 1. The summed E-state index contributed by atoms with van der Waals surface area (Å²) in [4.78, 5) is 12.7. The van der Waals surface area contributed by atoms with Gasteiger partial charge in [0.15, 0.2) is 5.76 Å². The predicted molar refractivity (Wildman–Crippen MR) is 75.2 cm³/mol. The maximum atomic E-state index is 5.52. The number of nitrogens with zero attached hydrogens (tertiary/aromatic N) is 3. The van der Waals surface area contributed by atoms with Crippen molar-refractivity contribution < 1.29 is 9.15 Å². The van der Waals surface area contributed by atoms with Crippen LogP contribution in [0.25, 0.3) is 11.6 Å². The second-order valence-corrected chi connectivity index (χ2v) is 4.91. The van der Waals surface area contributed by atoms with Crippen molar-refractivity contribution in [3.63, 3.8) is 0 Å². The Morgan fingerprint density at radius 3 is 2.74 bits per heavy atom. The van der Waals surface area contributed by atoms with Crippen LogP contribution in [-0.2, 0) is 0 Å². The molecule has 7 heteroatoms. The normalized spacial score (nSPS) is 10.8. The SMILES string of the molecule is CCNc1nc(OC(C)C)nc(-c2occc2Br)n1. The van der Waals surface area contributed by atoms with Crippen molar-refractivity contribution in [2.24, 2.45) is 0 Å². The minimum atomic E-state index is -0.00947. The van der Waals surface area contributed by atoms with Gasteiger partial charge >= 0.3 is 6.01 Å². The van der Waals surface area contributed by atoms with E-state index in [1.165, 1.54) is 0 Å². The lowest BCUT2D eigenvalue weighted by atomic mass is 10.4. The molecule has 0 saturated heterocycles. The summed E-state index contributed by atoms with van der Waals surface area (Å²) >= 11 is 3.39. The van der Waals surface area contributed by atoms with E-state index in [9.17, 15) is 0 Å². The van der Waals surface area contributed by atoms with Crippen LogP contribution < -0.4 is 10.1 Å². The predicted octanol–water partition coefficient (Wildman–Crippen LogP) is 3.11. The minimum Gasteiger partial charge on any atom is -0.461 e. The summed E-state index contributed by atoms with van der Waals surface area (Å²) in [6.45, 7) is 6.51. The number of hydrogen-bond donors (Lipinski definition) is 1. The Labute approximate surface area is 119 Å². The van der Waals surface area contributed by atoms with Crippen molar-refractivity contribution in [2.45, 2.75) is 26.9 Å². The van der Waals surface area contributed by atoms with Crippen molar-refractivity contribution in [2.75, 3.05) is 11.9 Å². The van der Waals surface area contributed by atoms with Crippen LogP contribution in [0.3, 0.4) is 0 Å². The van der Waals surface area contributed by atoms with Crippen molar-refractivity contribution >= 4 is 21.9 Å². The lowest BCUT2D eigenvalue weighted by Gasteiger charge is -2.10. The van der Waals surface area contributed by atoms with E-state index in [-0.39, 0.29) is 12.1 Å². The van der Waals surface area contributed by atoms with Gasteiger partial charge in [-0.15, -0.1) is 0 Å². The zero-order valence-corrected chi connectivity index (χ0v) is 12.6. The lowest BCUT2D eigenvalue weighted by molar-refractivity contribution is 0.222. The molecule has 0 aromatic carbocycles. The summed E-state index contributed by atoms with van der Waals surface area (Å²) in [5.74, 6) is 1.44. The summed E-state index contributed by atoms with van der Waals surface area (Å²) in [5, 5.41) is 3.04. The van der Waals surface area contributed by atoms with Gasteiger partial charge in [-0.1, -0.05) is 0 Å². The largest absolute Gasteiger partial charge is 0.461 e. The third kappa shape index (κ3) is 3.44. The monoisotopic (exact) mass is 326 g/mol. The van der Waals surface area contributed by atoms with Gasteiger partial charge < -0.3 is 14.5 Å². The number of furan rings is 1. The minimum absolute atomic E-state index is 0.00947. The molecule has 2 aromatic heterocycles. The number of hydrogen-bond acceptors (Lipinski definition) is 6. The van der Waals surface area contributed by atoms with E-state index < -0.39 is 0 Å². The van der Waals surface area contributed by atoms with Crippen molar-refractivity contribution in [3.8, 4) is 17.6 Å².